The van der Waals surface area contributed by atoms with E-state index >= 15 is 0 Å². The smallest absolute Gasteiger partial charge is 0.350 e. The van der Waals surface area contributed by atoms with E-state index in [0.717, 1.165) is 22.4 Å². The number of halogens is 2. The summed E-state index contributed by atoms with van der Waals surface area (Å²) in [6.45, 7) is 4.08. The molecule has 2 rings (SSSR count). The number of carbonyl (C=O) groups excluding carboxylic acids is 1. The Morgan fingerprint density at radius 1 is 1.29 bits per heavy atom. The second-order valence-electron chi connectivity index (χ2n) is 4.36. The van der Waals surface area contributed by atoms with Gasteiger partial charge in [0, 0.05) is 4.88 Å². The highest BCUT2D eigenvalue weighted by Gasteiger charge is 2.22. The fourth-order valence-corrected chi connectivity index (χ4v) is 3.55. The molecule has 1 heterocycles. The van der Waals surface area contributed by atoms with Crippen LogP contribution in [0.4, 0.5) is 5.69 Å². The highest BCUT2D eigenvalue weighted by atomic mass is 35.5. The Bertz CT molecular complexity index is 683. The van der Waals surface area contributed by atoms with Crippen molar-refractivity contribution in [1.29, 1.82) is 0 Å². The number of rotatable bonds is 4. The summed E-state index contributed by atoms with van der Waals surface area (Å²) >= 11 is 13.3. The van der Waals surface area contributed by atoms with E-state index in [1.54, 1.807) is 19.1 Å². The van der Waals surface area contributed by atoms with Gasteiger partial charge in [-0.05, 0) is 36.6 Å². The van der Waals surface area contributed by atoms with E-state index in [0.29, 0.717) is 27.2 Å². The van der Waals surface area contributed by atoms with Crippen molar-refractivity contribution in [2.75, 3.05) is 12.3 Å². The van der Waals surface area contributed by atoms with Crippen LogP contribution >= 0.6 is 34.5 Å². The standard InChI is InChI=1S/C15H15Cl2NO2S/c1-3-9-12(18)14(15(19)20-4-2)21-13(9)8-5-6-10(16)11(17)7-8/h5-7H,3-4,18H2,1-2H3. The maximum Gasteiger partial charge on any atom is 0.350 e. The van der Waals surface area contributed by atoms with E-state index in [1.165, 1.54) is 11.3 Å². The first kappa shape index (κ1) is 16.1. The van der Waals surface area contributed by atoms with Crippen molar-refractivity contribution in [3.05, 3.63) is 38.7 Å². The minimum absolute atomic E-state index is 0.319. The van der Waals surface area contributed by atoms with Crippen molar-refractivity contribution in [3.8, 4) is 10.4 Å². The van der Waals surface area contributed by atoms with E-state index in [-0.39, 0.29) is 5.97 Å². The van der Waals surface area contributed by atoms with Gasteiger partial charge in [-0.25, -0.2) is 4.79 Å². The van der Waals surface area contributed by atoms with Gasteiger partial charge in [-0.1, -0.05) is 36.2 Å². The highest BCUT2D eigenvalue weighted by molar-refractivity contribution is 7.18. The van der Waals surface area contributed by atoms with Gasteiger partial charge in [0.25, 0.3) is 0 Å². The van der Waals surface area contributed by atoms with Crippen molar-refractivity contribution in [3.63, 3.8) is 0 Å². The van der Waals surface area contributed by atoms with Crippen LogP contribution in [-0.4, -0.2) is 12.6 Å². The zero-order chi connectivity index (χ0) is 15.6. The van der Waals surface area contributed by atoms with Gasteiger partial charge in [-0.2, -0.15) is 0 Å². The van der Waals surface area contributed by atoms with Crippen LogP contribution in [0.25, 0.3) is 10.4 Å². The SMILES string of the molecule is CCOC(=O)c1sc(-c2ccc(Cl)c(Cl)c2)c(CC)c1N. The average molecular weight is 344 g/mol. The van der Waals surface area contributed by atoms with E-state index in [9.17, 15) is 4.79 Å². The zero-order valence-corrected chi connectivity index (χ0v) is 14.0. The Kier molecular flexibility index (Phi) is 5.14. The quantitative estimate of drug-likeness (QED) is 0.790. The molecule has 2 aromatic rings. The summed E-state index contributed by atoms with van der Waals surface area (Å²) in [6.07, 6.45) is 0.720. The first-order chi connectivity index (χ1) is 9.99. The zero-order valence-electron chi connectivity index (χ0n) is 11.7. The summed E-state index contributed by atoms with van der Waals surface area (Å²) in [5.41, 5.74) is 8.42. The molecular weight excluding hydrogens is 329 g/mol. The molecular formula is C15H15Cl2NO2S. The summed E-state index contributed by atoms with van der Waals surface area (Å²) in [5, 5.41) is 0.967. The van der Waals surface area contributed by atoms with Gasteiger partial charge in [-0.15, -0.1) is 11.3 Å². The molecule has 0 aliphatic carbocycles. The minimum Gasteiger partial charge on any atom is -0.462 e. The van der Waals surface area contributed by atoms with Gasteiger partial charge in [0.2, 0.25) is 0 Å². The summed E-state index contributed by atoms with van der Waals surface area (Å²) in [6, 6.07) is 5.38. The average Bonchev–Trinajstić information content (AvgIpc) is 2.79. The number of hydrogen-bond donors (Lipinski definition) is 1. The van der Waals surface area contributed by atoms with Gasteiger partial charge < -0.3 is 10.5 Å². The van der Waals surface area contributed by atoms with E-state index in [2.05, 4.69) is 0 Å². The Hall–Kier alpha value is -1.23. The van der Waals surface area contributed by atoms with Gasteiger partial charge >= 0.3 is 5.97 Å². The number of esters is 1. The van der Waals surface area contributed by atoms with E-state index in [1.807, 2.05) is 13.0 Å². The number of carbonyl (C=O) groups is 1. The van der Waals surface area contributed by atoms with E-state index < -0.39 is 0 Å². The lowest BCUT2D eigenvalue weighted by Gasteiger charge is -2.04. The number of anilines is 1. The van der Waals surface area contributed by atoms with Crippen LogP contribution in [0.1, 0.15) is 29.1 Å². The number of ether oxygens (including phenoxy) is 1. The molecule has 0 unspecified atom stereocenters. The molecule has 6 heteroatoms. The molecule has 0 radical (unpaired) electrons. The second kappa shape index (κ2) is 6.69. The van der Waals surface area contributed by atoms with Crippen molar-refractivity contribution in [2.24, 2.45) is 0 Å². The lowest BCUT2D eigenvalue weighted by atomic mass is 10.1. The fourth-order valence-electron chi connectivity index (χ4n) is 2.05. The third kappa shape index (κ3) is 3.18. The Labute approximate surface area is 137 Å². The van der Waals surface area contributed by atoms with E-state index in [4.69, 9.17) is 33.7 Å². The first-order valence-corrected chi connectivity index (χ1v) is 8.10. The minimum atomic E-state index is -0.388. The third-order valence-electron chi connectivity index (χ3n) is 3.04. The number of hydrogen-bond acceptors (Lipinski definition) is 4. The van der Waals surface area contributed by atoms with Gasteiger partial charge in [0.15, 0.2) is 0 Å². The van der Waals surface area contributed by atoms with Gasteiger partial charge in [-0.3, -0.25) is 0 Å². The van der Waals surface area contributed by atoms with Crippen molar-refractivity contribution >= 4 is 46.2 Å². The van der Waals surface area contributed by atoms with Crippen molar-refractivity contribution in [1.82, 2.24) is 0 Å². The van der Waals surface area contributed by atoms with Gasteiger partial charge in [0.1, 0.15) is 4.88 Å². The summed E-state index contributed by atoms with van der Waals surface area (Å²) < 4.78 is 5.04. The van der Waals surface area contributed by atoms with Crippen LogP contribution < -0.4 is 5.73 Å². The maximum absolute atomic E-state index is 12.0. The third-order valence-corrected chi connectivity index (χ3v) is 5.06. The number of benzene rings is 1. The van der Waals surface area contributed by atoms with Crippen LogP contribution in [0.15, 0.2) is 18.2 Å². The molecule has 0 saturated heterocycles. The topological polar surface area (TPSA) is 52.3 Å². The van der Waals surface area contributed by atoms with Crippen molar-refractivity contribution in [2.45, 2.75) is 20.3 Å². The lowest BCUT2D eigenvalue weighted by Crippen LogP contribution is -2.05. The normalized spacial score (nSPS) is 10.7. The predicted molar refractivity (Wildman–Crippen MR) is 89.5 cm³/mol. The van der Waals surface area contributed by atoms with Crippen LogP contribution in [0, 0.1) is 0 Å². The molecule has 0 aliphatic rings. The molecule has 0 atom stereocenters. The number of nitrogens with two attached hydrogens (primary N) is 1. The summed E-state index contributed by atoms with van der Waals surface area (Å²) in [7, 11) is 0. The number of nitrogen functional groups attached to an aromatic ring is 1. The van der Waals surface area contributed by atoms with Crippen molar-refractivity contribution < 1.29 is 9.53 Å². The van der Waals surface area contributed by atoms with Crippen LogP contribution in [0.2, 0.25) is 10.0 Å². The molecule has 1 aromatic heterocycles. The maximum atomic E-state index is 12.0. The molecule has 0 spiro atoms. The Morgan fingerprint density at radius 2 is 2.00 bits per heavy atom. The molecule has 3 nitrogen and oxygen atoms in total. The molecule has 0 aliphatic heterocycles. The lowest BCUT2D eigenvalue weighted by molar-refractivity contribution is 0.0533. The largest absolute Gasteiger partial charge is 0.462 e. The molecule has 112 valence electrons. The summed E-state index contributed by atoms with van der Waals surface area (Å²) in [5.74, 6) is -0.388. The Morgan fingerprint density at radius 3 is 2.57 bits per heavy atom. The summed E-state index contributed by atoms with van der Waals surface area (Å²) in [4.78, 5) is 13.3. The first-order valence-electron chi connectivity index (χ1n) is 6.53. The molecule has 0 bridgehead atoms. The van der Waals surface area contributed by atoms with Crippen LogP contribution in [-0.2, 0) is 11.2 Å². The molecule has 21 heavy (non-hydrogen) atoms. The Balaban J connectivity index is 2.55. The predicted octanol–water partition coefficient (Wildman–Crippen LogP) is 5.04. The van der Waals surface area contributed by atoms with Crippen LogP contribution in [0.3, 0.4) is 0 Å². The fraction of sp³-hybridized carbons (Fsp3) is 0.267. The molecule has 0 amide bonds. The van der Waals surface area contributed by atoms with Gasteiger partial charge in [0.05, 0.1) is 22.3 Å². The monoisotopic (exact) mass is 343 g/mol. The number of thiophene rings is 1. The molecule has 1 aromatic carbocycles. The second-order valence-corrected chi connectivity index (χ2v) is 6.19. The van der Waals surface area contributed by atoms with Crippen LogP contribution in [0.5, 0.6) is 0 Å². The molecule has 0 fully saturated rings. The molecule has 0 saturated carbocycles. The highest BCUT2D eigenvalue weighted by Crippen LogP contribution is 2.41. The molecule has 2 N–H and O–H groups in total.